The van der Waals surface area contributed by atoms with E-state index in [4.69, 9.17) is 11.6 Å². The van der Waals surface area contributed by atoms with Crippen molar-refractivity contribution in [2.75, 3.05) is 6.54 Å². The fourth-order valence-electron chi connectivity index (χ4n) is 2.55. The monoisotopic (exact) mass is 291 g/mol. The molecule has 0 aliphatic heterocycles. The minimum atomic E-state index is 0.342. The molecule has 0 saturated heterocycles. The molecule has 20 heavy (non-hydrogen) atoms. The zero-order valence-corrected chi connectivity index (χ0v) is 13.1. The third-order valence-corrected chi connectivity index (χ3v) is 3.87. The van der Waals surface area contributed by atoms with E-state index in [2.05, 4.69) is 34.8 Å². The number of hydrogen-bond acceptors (Lipinski definition) is 2. The second-order valence-corrected chi connectivity index (χ2v) is 5.54. The van der Waals surface area contributed by atoms with Crippen molar-refractivity contribution in [1.29, 1.82) is 0 Å². The molecule has 0 aliphatic rings. The van der Waals surface area contributed by atoms with Crippen molar-refractivity contribution in [3.63, 3.8) is 0 Å². The number of aryl methyl sites for hydroxylation is 3. The molecule has 2 aromatic rings. The molecule has 0 bridgehead atoms. The van der Waals surface area contributed by atoms with Gasteiger partial charge in [-0.15, -0.1) is 0 Å². The van der Waals surface area contributed by atoms with Crippen LogP contribution in [0.5, 0.6) is 0 Å². The third-order valence-electron chi connectivity index (χ3n) is 3.64. The molecule has 1 aromatic carbocycles. The van der Waals surface area contributed by atoms with Crippen LogP contribution >= 0.6 is 11.6 Å². The van der Waals surface area contributed by atoms with Gasteiger partial charge in [-0.05, 0) is 43.1 Å². The summed E-state index contributed by atoms with van der Waals surface area (Å²) in [6.45, 7) is 5.21. The highest BCUT2D eigenvalue weighted by molar-refractivity contribution is 6.30. The highest BCUT2D eigenvalue weighted by Crippen LogP contribution is 2.24. The van der Waals surface area contributed by atoms with E-state index in [0.717, 1.165) is 30.2 Å². The summed E-state index contributed by atoms with van der Waals surface area (Å²) in [6.07, 6.45) is 5.83. The largest absolute Gasteiger partial charge is 0.338 e. The van der Waals surface area contributed by atoms with Gasteiger partial charge >= 0.3 is 0 Å². The summed E-state index contributed by atoms with van der Waals surface area (Å²) in [4.78, 5) is 4.39. The van der Waals surface area contributed by atoms with Gasteiger partial charge in [0.1, 0.15) is 5.82 Å². The first-order chi connectivity index (χ1) is 9.61. The van der Waals surface area contributed by atoms with Crippen LogP contribution in [0.25, 0.3) is 0 Å². The molecular formula is C16H22ClN3. The molecule has 1 atom stereocenters. The second-order valence-electron chi connectivity index (χ2n) is 5.10. The van der Waals surface area contributed by atoms with Crippen molar-refractivity contribution < 1.29 is 0 Å². The van der Waals surface area contributed by atoms with Crippen LogP contribution < -0.4 is 5.32 Å². The predicted molar refractivity (Wildman–Crippen MR) is 84.1 cm³/mol. The van der Waals surface area contributed by atoms with E-state index in [0.29, 0.717) is 6.04 Å². The van der Waals surface area contributed by atoms with E-state index in [1.54, 1.807) is 0 Å². The Bertz CT molecular complexity index is 563. The van der Waals surface area contributed by atoms with Gasteiger partial charge in [0.15, 0.2) is 0 Å². The maximum atomic E-state index is 6.04. The number of aromatic nitrogens is 2. The summed E-state index contributed by atoms with van der Waals surface area (Å²) < 4.78 is 2.08. The third kappa shape index (κ3) is 3.62. The van der Waals surface area contributed by atoms with Gasteiger partial charge in [0.25, 0.3) is 0 Å². The van der Waals surface area contributed by atoms with Crippen LogP contribution in [0.3, 0.4) is 0 Å². The molecule has 108 valence electrons. The normalized spacial score (nSPS) is 12.6. The van der Waals surface area contributed by atoms with Gasteiger partial charge in [0.2, 0.25) is 0 Å². The average molecular weight is 292 g/mol. The molecular weight excluding hydrogens is 270 g/mol. The van der Waals surface area contributed by atoms with E-state index < -0.39 is 0 Å². The number of nitrogens with zero attached hydrogens (tertiary/aromatic N) is 2. The smallest absolute Gasteiger partial charge is 0.108 e. The lowest BCUT2D eigenvalue weighted by atomic mass is 9.97. The lowest BCUT2D eigenvalue weighted by Gasteiger charge is -2.20. The van der Waals surface area contributed by atoms with Crippen LogP contribution in [0.2, 0.25) is 5.02 Å². The van der Waals surface area contributed by atoms with Crippen molar-refractivity contribution >= 4 is 11.6 Å². The van der Waals surface area contributed by atoms with Gasteiger partial charge in [-0.3, -0.25) is 0 Å². The minimum absolute atomic E-state index is 0.342. The minimum Gasteiger partial charge on any atom is -0.338 e. The molecule has 1 aromatic heterocycles. The highest BCUT2D eigenvalue weighted by Gasteiger charge is 2.14. The number of imidazole rings is 1. The first kappa shape index (κ1) is 15.1. The first-order valence-electron chi connectivity index (χ1n) is 7.07. The van der Waals surface area contributed by atoms with Crippen molar-refractivity contribution in [2.45, 2.75) is 32.7 Å². The lowest BCUT2D eigenvalue weighted by Crippen LogP contribution is -2.22. The second kappa shape index (κ2) is 6.91. The fourth-order valence-corrected chi connectivity index (χ4v) is 2.78. The van der Waals surface area contributed by atoms with Gasteiger partial charge < -0.3 is 9.88 Å². The van der Waals surface area contributed by atoms with Crippen molar-refractivity contribution in [2.24, 2.45) is 7.05 Å². The molecule has 0 amide bonds. The molecule has 0 radical (unpaired) electrons. The maximum Gasteiger partial charge on any atom is 0.108 e. The Morgan fingerprint density at radius 1 is 1.40 bits per heavy atom. The number of nitrogens with one attached hydrogen (secondary N) is 1. The standard InChI is InChI=1S/C16H22ClN3/c1-4-18-15(7-8-16-19-9-10-20(16)3)14-6-5-13(17)11-12(14)2/h5-6,9-11,15,18H,4,7-8H2,1-3H3. The maximum absolute atomic E-state index is 6.04. The van der Waals surface area contributed by atoms with Crippen LogP contribution in [-0.2, 0) is 13.5 Å². The molecule has 2 rings (SSSR count). The fraction of sp³-hybridized carbons (Fsp3) is 0.438. The SMILES string of the molecule is CCNC(CCc1nccn1C)c1ccc(Cl)cc1C. The Balaban J connectivity index is 2.12. The zero-order valence-electron chi connectivity index (χ0n) is 12.4. The zero-order chi connectivity index (χ0) is 14.5. The average Bonchev–Trinajstić information content (AvgIpc) is 2.81. The molecule has 0 spiro atoms. The van der Waals surface area contributed by atoms with Gasteiger partial charge in [-0.2, -0.15) is 0 Å². The molecule has 1 N–H and O–H groups in total. The van der Waals surface area contributed by atoms with Gasteiger partial charge in [0, 0.05) is 36.9 Å². The summed E-state index contributed by atoms with van der Waals surface area (Å²) in [5.41, 5.74) is 2.56. The molecule has 4 heteroatoms. The number of benzene rings is 1. The number of halogens is 1. The topological polar surface area (TPSA) is 29.9 Å². The molecule has 0 fully saturated rings. The van der Waals surface area contributed by atoms with Crippen LogP contribution in [0.1, 0.15) is 36.3 Å². The highest BCUT2D eigenvalue weighted by atomic mass is 35.5. The lowest BCUT2D eigenvalue weighted by molar-refractivity contribution is 0.504. The quantitative estimate of drug-likeness (QED) is 0.880. The van der Waals surface area contributed by atoms with Crippen LogP contribution in [0.15, 0.2) is 30.6 Å². The summed E-state index contributed by atoms with van der Waals surface area (Å²) in [7, 11) is 2.04. The molecule has 0 aliphatic carbocycles. The molecule has 1 heterocycles. The van der Waals surface area contributed by atoms with E-state index in [-0.39, 0.29) is 0 Å². The van der Waals surface area contributed by atoms with E-state index in [9.17, 15) is 0 Å². The number of rotatable bonds is 6. The van der Waals surface area contributed by atoms with Crippen molar-refractivity contribution in [3.8, 4) is 0 Å². The Morgan fingerprint density at radius 3 is 2.80 bits per heavy atom. The molecule has 1 unspecified atom stereocenters. The Morgan fingerprint density at radius 2 is 2.20 bits per heavy atom. The summed E-state index contributed by atoms with van der Waals surface area (Å²) >= 11 is 6.04. The van der Waals surface area contributed by atoms with E-state index in [1.165, 1.54) is 11.1 Å². The van der Waals surface area contributed by atoms with Gasteiger partial charge in [-0.1, -0.05) is 24.6 Å². The van der Waals surface area contributed by atoms with E-state index in [1.807, 2.05) is 31.6 Å². The first-order valence-corrected chi connectivity index (χ1v) is 7.45. The number of hydrogen-bond donors (Lipinski definition) is 1. The van der Waals surface area contributed by atoms with Gasteiger partial charge in [0.05, 0.1) is 0 Å². The van der Waals surface area contributed by atoms with Crippen molar-refractivity contribution in [1.82, 2.24) is 14.9 Å². The van der Waals surface area contributed by atoms with Crippen LogP contribution in [-0.4, -0.2) is 16.1 Å². The summed E-state index contributed by atoms with van der Waals surface area (Å²) in [6, 6.07) is 6.47. The summed E-state index contributed by atoms with van der Waals surface area (Å²) in [5.74, 6) is 1.12. The van der Waals surface area contributed by atoms with Crippen molar-refractivity contribution in [3.05, 3.63) is 52.6 Å². The molecule has 3 nitrogen and oxygen atoms in total. The van der Waals surface area contributed by atoms with E-state index >= 15 is 0 Å². The Labute approximate surface area is 126 Å². The summed E-state index contributed by atoms with van der Waals surface area (Å²) in [5, 5.41) is 4.36. The van der Waals surface area contributed by atoms with Crippen LogP contribution in [0.4, 0.5) is 0 Å². The van der Waals surface area contributed by atoms with Crippen LogP contribution in [0, 0.1) is 6.92 Å². The Hall–Kier alpha value is -1.32. The predicted octanol–water partition coefficient (Wildman–Crippen LogP) is 3.67. The Kier molecular flexibility index (Phi) is 5.21. The van der Waals surface area contributed by atoms with Gasteiger partial charge in [-0.25, -0.2) is 4.98 Å². The molecule has 0 saturated carbocycles.